The van der Waals surface area contributed by atoms with E-state index in [1.165, 1.54) is 11.4 Å². The molecule has 0 aliphatic heterocycles. The lowest BCUT2D eigenvalue weighted by Gasteiger charge is -2.23. The van der Waals surface area contributed by atoms with Crippen molar-refractivity contribution in [1.29, 1.82) is 0 Å². The average Bonchev–Trinajstić information content (AvgIpc) is 2.14. The number of rotatable bonds is 6. The molecular weight excluding hydrogens is 232 g/mol. The van der Waals surface area contributed by atoms with Crippen LogP contribution < -0.4 is 10.5 Å². The highest BCUT2D eigenvalue weighted by Gasteiger charge is 2.22. The van der Waals surface area contributed by atoms with Crippen molar-refractivity contribution in [2.75, 3.05) is 7.05 Å². The number of oxime groups is 1. The summed E-state index contributed by atoms with van der Waals surface area (Å²) in [5.74, 6) is -0.0117. The van der Waals surface area contributed by atoms with Gasteiger partial charge < -0.3 is 10.9 Å². The first kappa shape index (κ1) is 15.1. The SMILES string of the molecule is CC(CC(N)=NO)NS(=O)(=O)N(C)C(C)C. The van der Waals surface area contributed by atoms with Crippen molar-refractivity contribution in [2.45, 2.75) is 39.3 Å². The molecule has 0 heterocycles. The van der Waals surface area contributed by atoms with E-state index in [-0.39, 0.29) is 18.3 Å². The monoisotopic (exact) mass is 252 g/mol. The number of amidine groups is 1. The van der Waals surface area contributed by atoms with Crippen LogP contribution >= 0.6 is 0 Å². The molecule has 0 saturated heterocycles. The predicted molar refractivity (Wildman–Crippen MR) is 62.4 cm³/mol. The third-order valence-electron chi connectivity index (χ3n) is 2.10. The molecule has 4 N–H and O–H groups in total. The summed E-state index contributed by atoms with van der Waals surface area (Å²) in [5.41, 5.74) is 5.28. The van der Waals surface area contributed by atoms with Gasteiger partial charge >= 0.3 is 0 Å². The van der Waals surface area contributed by atoms with Crippen LogP contribution in [0.2, 0.25) is 0 Å². The second-order valence-electron chi connectivity index (χ2n) is 3.93. The highest BCUT2D eigenvalue weighted by molar-refractivity contribution is 7.87. The Kier molecular flexibility index (Phi) is 5.70. The Hall–Kier alpha value is -0.860. The number of nitrogens with one attached hydrogen (secondary N) is 1. The second-order valence-corrected chi connectivity index (χ2v) is 5.69. The summed E-state index contributed by atoms with van der Waals surface area (Å²) in [4.78, 5) is 0. The molecule has 1 unspecified atom stereocenters. The Morgan fingerprint density at radius 3 is 2.38 bits per heavy atom. The highest BCUT2D eigenvalue weighted by Crippen LogP contribution is 2.03. The van der Waals surface area contributed by atoms with Gasteiger partial charge in [-0.15, -0.1) is 0 Å². The molecule has 0 rings (SSSR count). The molecule has 16 heavy (non-hydrogen) atoms. The summed E-state index contributed by atoms with van der Waals surface area (Å²) in [6.07, 6.45) is 0.154. The molecule has 0 spiro atoms. The minimum atomic E-state index is -3.52. The van der Waals surface area contributed by atoms with Crippen molar-refractivity contribution >= 4 is 16.0 Å². The van der Waals surface area contributed by atoms with Crippen LogP contribution in [0.15, 0.2) is 5.16 Å². The molecule has 0 fully saturated rings. The van der Waals surface area contributed by atoms with Crippen molar-refractivity contribution in [3.05, 3.63) is 0 Å². The van der Waals surface area contributed by atoms with Crippen molar-refractivity contribution in [3.8, 4) is 0 Å². The number of hydrogen-bond acceptors (Lipinski definition) is 4. The number of nitrogens with two attached hydrogens (primary N) is 1. The van der Waals surface area contributed by atoms with Crippen molar-refractivity contribution < 1.29 is 13.6 Å². The van der Waals surface area contributed by atoms with Gasteiger partial charge in [-0.3, -0.25) is 0 Å². The van der Waals surface area contributed by atoms with Crippen molar-refractivity contribution in [2.24, 2.45) is 10.9 Å². The van der Waals surface area contributed by atoms with Crippen LogP contribution in [0.4, 0.5) is 0 Å². The Balaban J connectivity index is 4.49. The average molecular weight is 252 g/mol. The van der Waals surface area contributed by atoms with E-state index in [2.05, 4.69) is 9.88 Å². The zero-order valence-corrected chi connectivity index (χ0v) is 10.8. The van der Waals surface area contributed by atoms with Crippen LogP contribution in [0, 0.1) is 0 Å². The lowest BCUT2D eigenvalue weighted by atomic mass is 10.2. The summed E-state index contributed by atoms with van der Waals surface area (Å²) in [7, 11) is -2.03. The molecular formula is C8H20N4O3S. The van der Waals surface area contributed by atoms with Crippen LogP contribution in [0.5, 0.6) is 0 Å². The van der Waals surface area contributed by atoms with E-state index in [1.807, 2.05) is 0 Å². The number of nitrogens with zero attached hydrogens (tertiary/aromatic N) is 2. The molecule has 0 aromatic heterocycles. The van der Waals surface area contributed by atoms with Crippen molar-refractivity contribution in [3.63, 3.8) is 0 Å². The molecule has 0 amide bonds. The van der Waals surface area contributed by atoms with Gasteiger partial charge in [0.05, 0.1) is 0 Å². The molecule has 0 saturated carbocycles. The third-order valence-corrected chi connectivity index (χ3v) is 3.98. The fourth-order valence-corrected chi connectivity index (χ4v) is 2.32. The standard InChI is InChI=1S/C8H20N4O3S/c1-6(2)12(4)16(14,15)11-7(3)5-8(9)10-13/h6-7,11,13H,5H2,1-4H3,(H2,9,10). The highest BCUT2D eigenvalue weighted by atomic mass is 32.2. The van der Waals surface area contributed by atoms with E-state index in [1.54, 1.807) is 20.8 Å². The first-order chi connectivity index (χ1) is 7.20. The Morgan fingerprint density at radius 2 is 2.00 bits per heavy atom. The minimum absolute atomic E-state index is 0.0117. The Bertz CT molecular complexity index is 339. The van der Waals surface area contributed by atoms with Crippen LogP contribution in [0.1, 0.15) is 27.2 Å². The molecule has 7 nitrogen and oxygen atoms in total. The maximum absolute atomic E-state index is 11.7. The van der Waals surface area contributed by atoms with Gasteiger partial charge in [0.15, 0.2) is 0 Å². The first-order valence-electron chi connectivity index (χ1n) is 4.92. The molecule has 1 atom stereocenters. The third kappa shape index (κ3) is 4.77. The molecule has 0 aliphatic carbocycles. The second kappa shape index (κ2) is 6.02. The van der Waals surface area contributed by atoms with Crippen molar-refractivity contribution in [1.82, 2.24) is 9.03 Å². The van der Waals surface area contributed by atoms with Crippen LogP contribution in [0.3, 0.4) is 0 Å². The number of hydrogen-bond donors (Lipinski definition) is 3. The summed E-state index contributed by atoms with van der Waals surface area (Å²) in [5, 5.41) is 11.1. The fourth-order valence-electron chi connectivity index (χ4n) is 1.01. The van der Waals surface area contributed by atoms with Gasteiger partial charge in [-0.2, -0.15) is 17.4 Å². The zero-order valence-electron chi connectivity index (χ0n) is 10.0. The quantitative estimate of drug-likeness (QED) is 0.261. The summed E-state index contributed by atoms with van der Waals surface area (Å²) in [6, 6.07) is -0.560. The Morgan fingerprint density at radius 1 is 1.50 bits per heavy atom. The lowest BCUT2D eigenvalue weighted by Crippen LogP contribution is -2.46. The van der Waals surface area contributed by atoms with E-state index in [9.17, 15) is 8.42 Å². The van der Waals surface area contributed by atoms with Crippen LogP contribution in [-0.4, -0.2) is 42.9 Å². The smallest absolute Gasteiger partial charge is 0.279 e. The molecule has 0 aromatic rings. The van der Waals surface area contributed by atoms with Gasteiger partial charge in [0.2, 0.25) is 0 Å². The van der Waals surface area contributed by atoms with E-state index in [0.717, 1.165) is 0 Å². The lowest BCUT2D eigenvalue weighted by molar-refractivity contribution is 0.316. The maximum atomic E-state index is 11.7. The summed E-state index contributed by atoms with van der Waals surface area (Å²) < 4.78 is 27.1. The molecule has 0 radical (unpaired) electrons. The van der Waals surface area contributed by atoms with Gasteiger partial charge in [0.1, 0.15) is 5.84 Å². The van der Waals surface area contributed by atoms with Gasteiger partial charge in [0.25, 0.3) is 10.2 Å². The molecule has 8 heteroatoms. The summed E-state index contributed by atoms with van der Waals surface area (Å²) in [6.45, 7) is 5.19. The maximum Gasteiger partial charge on any atom is 0.279 e. The fraction of sp³-hybridized carbons (Fsp3) is 0.875. The Labute approximate surface area is 96.5 Å². The zero-order chi connectivity index (χ0) is 12.9. The normalized spacial score (nSPS) is 15.8. The van der Waals surface area contributed by atoms with Gasteiger partial charge in [-0.05, 0) is 20.8 Å². The largest absolute Gasteiger partial charge is 0.409 e. The molecule has 0 bridgehead atoms. The van der Waals surface area contributed by atoms with Crippen LogP contribution in [-0.2, 0) is 10.2 Å². The van der Waals surface area contributed by atoms with E-state index >= 15 is 0 Å². The van der Waals surface area contributed by atoms with Crippen LogP contribution in [0.25, 0.3) is 0 Å². The molecule has 96 valence electrons. The van der Waals surface area contributed by atoms with E-state index < -0.39 is 16.3 Å². The predicted octanol–water partition coefficient (Wildman–Crippen LogP) is -0.314. The van der Waals surface area contributed by atoms with Gasteiger partial charge in [-0.25, -0.2) is 0 Å². The van der Waals surface area contributed by atoms with E-state index in [0.29, 0.717) is 0 Å². The van der Waals surface area contributed by atoms with E-state index in [4.69, 9.17) is 10.9 Å². The molecule has 0 aliphatic rings. The van der Waals surface area contributed by atoms with Gasteiger partial charge in [0, 0.05) is 25.6 Å². The van der Waals surface area contributed by atoms with Gasteiger partial charge in [-0.1, -0.05) is 5.16 Å². The minimum Gasteiger partial charge on any atom is -0.409 e. The topological polar surface area (TPSA) is 108 Å². The first-order valence-corrected chi connectivity index (χ1v) is 6.36. The molecule has 0 aromatic carbocycles. The summed E-state index contributed by atoms with van der Waals surface area (Å²) >= 11 is 0.